The van der Waals surface area contributed by atoms with Crippen LogP contribution < -0.4 is 4.90 Å². The number of carbonyl (C=O) groups excluding carboxylic acids is 1. The minimum Gasteiger partial charge on any atom is -0.378 e. The summed E-state index contributed by atoms with van der Waals surface area (Å²) in [6.07, 6.45) is 0.486. The van der Waals surface area contributed by atoms with Crippen molar-refractivity contribution in [3.8, 4) is 0 Å². The van der Waals surface area contributed by atoms with Crippen LogP contribution in [0.4, 0.5) is 5.69 Å². The summed E-state index contributed by atoms with van der Waals surface area (Å²) in [6, 6.07) is 12.5. The summed E-state index contributed by atoms with van der Waals surface area (Å²) in [5, 5.41) is 2.01. The molecule has 0 N–H and O–H groups in total. The van der Waals surface area contributed by atoms with Crippen LogP contribution in [0.2, 0.25) is 0 Å². The number of likely N-dealkylation sites (N-methyl/N-ethyl adjacent to an activating group) is 1. The predicted molar refractivity (Wildman–Crippen MR) is 94.0 cm³/mol. The van der Waals surface area contributed by atoms with E-state index in [1.165, 1.54) is 5.69 Å². The molecule has 4 nitrogen and oxygen atoms in total. The maximum absolute atomic E-state index is 12.2. The van der Waals surface area contributed by atoms with Crippen LogP contribution in [0.3, 0.4) is 0 Å². The fourth-order valence-electron chi connectivity index (χ4n) is 2.69. The Morgan fingerprint density at radius 3 is 2.61 bits per heavy atom. The highest BCUT2D eigenvalue weighted by Gasteiger charge is 2.13. The molecule has 5 heteroatoms. The number of hydrogen-bond donors (Lipinski definition) is 0. The lowest BCUT2D eigenvalue weighted by atomic mass is 10.1. The normalized spacial score (nSPS) is 14.7. The number of amides is 1. The molecule has 1 aromatic carbocycles. The number of benzene rings is 1. The number of thiophene rings is 1. The average molecular weight is 330 g/mol. The molecular formula is C18H22N2O2S. The van der Waals surface area contributed by atoms with Crippen LogP contribution in [0, 0.1) is 0 Å². The molecule has 1 saturated heterocycles. The number of carbonyl (C=O) groups is 1. The summed E-state index contributed by atoms with van der Waals surface area (Å²) in [4.78, 5) is 17.5. The molecule has 23 heavy (non-hydrogen) atoms. The van der Waals surface area contributed by atoms with Crippen molar-refractivity contribution in [2.24, 2.45) is 0 Å². The molecule has 0 saturated carbocycles. The second kappa shape index (κ2) is 7.62. The second-order valence-corrected chi connectivity index (χ2v) is 6.80. The molecule has 1 fully saturated rings. The first kappa shape index (κ1) is 16.0. The van der Waals surface area contributed by atoms with Gasteiger partial charge in [-0.1, -0.05) is 18.2 Å². The zero-order valence-corrected chi connectivity index (χ0v) is 14.2. The summed E-state index contributed by atoms with van der Waals surface area (Å²) in [5.41, 5.74) is 2.38. The summed E-state index contributed by atoms with van der Waals surface area (Å²) in [5.74, 6) is 0.157. The van der Waals surface area contributed by atoms with E-state index in [0.29, 0.717) is 13.0 Å². The molecule has 1 aliphatic rings. The van der Waals surface area contributed by atoms with Gasteiger partial charge in [-0.2, -0.15) is 0 Å². The first-order chi connectivity index (χ1) is 11.2. The van der Waals surface area contributed by atoms with Crippen molar-refractivity contribution < 1.29 is 9.53 Å². The van der Waals surface area contributed by atoms with Crippen LogP contribution >= 0.6 is 11.3 Å². The largest absolute Gasteiger partial charge is 0.378 e. The van der Waals surface area contributed by atoms with Crippen molar-refractivity contribution in [2.45, 2.75) is 13.0 Å². The highest BCUT2D eigenvalue weighted by Crippen LogP contribution is 2.18. The molecule has 122 valence electrons. The first-order valence-electron chi connectivity index (χ1n) is 7.90. The van der Waals surface area contributed by atoms with E-state index in [2.05, 4.69) is 29.2 Å². The monoisotopic (exact) mass is 330 g/mol. The van der Waals surface area contributed by atoms with Crippen LogP contribution in [0.15, 0.2) is 41.8 Å². The van der Waals surface area contributed by atoms with E-state index in [0.717, 1.165) is 36.7 Å². The van der Waals surface area contributed by atoms with E-state index < -0.39 is 0 Å². The lowest BCUT2D eigenvalue weighted by Crippen LogP contribution is -2.36. The molecule has 1 aliphatic heterocycles. The van der Waals surface area contributed by atoms with E-state index in [1.54, 1.807) is 16.2 Å². The summed E-state index contributed by atoms with van der Waals surface area (Å²) >= 11 is 1.63. The minimum atomic E-state index is 0.157. The SMILES string of the molecule is CN(Cc1ccc(N2CCOCC2)cc1)C(=O)Cc1cccs1. The van der Waals surface area contributed by atoms with Gasteiger partial charge in [-0.15, -0.1) is 11.3 Å². The smallest absolute Gasteiger partial charge is 0.227 e. The van der Waals surface area contributed by atoms with Crippen molar-refractivity contribution in [3.05, 3.63) is 52.2 Å². The standard InChI is InChI=1S/C18H22N2O2S/c1-19(18(21)13-17-3-2-12-23-17)14-15-4-6-16(7-5-15)20-8-10-22-11-9-20/h2-7,12H,8-11,13-14H2,1H3. The number of rotatable bonds is 5. The van der Waals surface area contributed by atoms with Gasteiger partial charge in [-0.05, 0) is 29.1 Å². The maximum Gasteiger partial charge on any atom is 0.227 e. The molecule has 0 aliphatic carbocycles. The van der Waals surface area contributed by atoms with E-state index in [4.69, 9.17) is 4.74 Å². The molecule has 0 atom stereocenters. The number of nitrogens with zero attached hydrogens (tertiary/aromatic N) is 2. The lowest BCUT2D eigenvalue weighted by Gasteiger charge is -2.29. The molecule has 1 aromatic heterocycles. The number of hydrogen-bond acceptors (Lipinski definition) is 4. The van der Waals surface area contributed by atoms with Crippen LogP contribution in [-0.4, -0.2) is 44.2 Å². The Hall–Kier alpha value is -1.85. The third-order valence-electron chi connectivity index (χ3n) is 4.06. The predicted octanol–water partition coefficient (Wildman–Crippen LogP) is 2.79. The fourth-order valence-corrected chi connectivity index (χ4v) is 3.39. The average Bonchev–Trinajstić information content (AvgIpc) is 3.09. The van der Waals surface area contributed by atoms with Gasteiger partial charge in [0.2, 0.25) is 5.91 Å². The van der Waals surface area contributed by atoms with Gasteiger partial charge in [0.15, 0.2) is 0 Å². The Bertz CT molecular complexity index is 619. The lowest BCUT2D eigenvalue weighted by molar-refractivity contribution is -0.129. The van der Waals surface area contributed by atoms with Crippen LogP contribution in [0.1, 0.15) is 10.4 Å². The summed E-state index contributed by atoms with van der Waals surface area (Å²) in [6.45, 7) is 4.12. The Morgan fingerprint density at radius 1 is 1.22 bits per heavy atom. The van der Waals surface area contributed by atoms with Crippen LogP contribution in [0.25, 0.3) is 0 Å². The fraction of sp³-hybridized carbons (Fsp3) is 0.389. The van der Waals surface area contributed by atoms with Crippen molar-refractivity contribution in [3.63, 3.8) is 0 Å². The highest BCUT2D eigenvalue weighted by molar-refractivity contribution is 7.10. The Balaban J connectivity index is 1.55. The second-order valence-electron chi connectivity index (χ2n) is 5.77. The van der Waals surface area contributed by atoms with Gasteiger partial charge in [0.05, 0.1) is 19.6 Å². The van der Waals surface area contributed by atoms with Crippen LogP contribution in [-0.2, 0) is 22.5 Å². The molecule has 3 rings (SSSR count). The molecule has 0 bridgehead atoms. The van der Waals surface area contributed by atoms with Gasteiger partial charge in [0.25, 0.3) is 0 Å². The maximum atomic E-state index is 12.2. The van der Waals surface area contributed by atoms with Crippen molar-refractivity contribution in [1.82, 2.24) is 4.90 Å². The molecule has 0 radical (unpaired) electrons. The number of morpholine rings is 1. The molecular weight excluding hydrogens is 308 g/mol. The Labute approximate surface area is 141 Å². The van der Waals surface area contributed by atoms with Gasteiger partial charge in [0, 0.05) is 37.2 Å². The summed E-state index contributed by atoms with van der Waals surface area (Å²) < 4.78 is 5.38. The Morgan fingerprint density at radius 2 is 1.96 bits per heavy atom. The topological polar surface area (TPSA) is 32.8 Å². The summed E-state index contributed by atoms with van der Waals surface area (Å²) in [7, 11) is 1.87. The van der Waals surface area contributed by atoms with Gasteiger partial charge in [-0.3, -0.25) is 4.79 Å². The van der Waals surface area contributed by atoms with E-state index >= 15 is 0 Å². The van der Waals surface area contributed by atoms with Gasteiger partial charge >= 0.3 is 0 Å². The van der Waals surface area contributed by atoms with Crippen molar-refractivity contribution >= 4 is 22.9 Å². The third kappa shape index (κ3) is 4.33. The van der Waals surface area contributed by atoms with Gasteiger partial charge in [0.1, 0.15) is 0 Å². The van der Waals surface area contributed by atoms with E-state index in [1.807, 2.05) is 24.6 Å². The van der Waals surface area contributed by atoms with Crippen molar-refractivity contribution in [2.75, 3.05) is 38.3 Å². The zero-order valence-electron chi connectivity index (χ0n) is 13.4. The number of ether oxygens (including phenoxy) is 1. The van der Waals surface area contributed by atoms with E-state index in [-0.39, 0.29) is 5.91 Å². The van der Waals surface area contributed by atoms with Crippen LogP contribution in [0.5, 0.6) is 0 Å². The third-order valence-corrected chi connectivity index (χ3v) is 4.94. The molecule has 0 spiro atoms. The molecule has 0 unspecified atom stereocenters. The molecule has 2 aromatic rings. The van der Waals surface area contributed by atoms with Gasteiger partial charge in [-0.25, -0.2) is 0 Å². The first-order valence-corrected chi connectivity index (χ1v) is 8.78. The minimum absolute atomic E-state index is 0.157. The highest BCUT2D eigenvalue weighted by atomic mass is 32.1. The van der Waals surface area contributed by atoms with Gasteiger partial charge < -0.3 is 14.5 Å². The number of anilines is 1. The quantitative estimate of drug-likeness (QED) is 0.845. The Kier molecular flexibility index (Phi) is 5.31. The van der Waals surface area contributed by atoms with Crippen molar-refractivity contribution in [1.29, 1.82) is 0 Å². The van der Waals surface area contributed by atoms with E-state index in [9.17, 15) is 4.79 Å². The molecule has 2 heterocycles. The molecule has 1 amide bonds. The zero-order chi connectivity index (χ0) is 16.1.